The van der Waals surface area contributed by atoms with Gasteiger partial charge in [-0.1, -0.05) is 44.2 Å². The van der Waals surface area contributed by atoms with Crippen molar-refractivity contribution in [3.05, 3.63) is 65.7 Å². The fraction of sp³-hybridized carbons (Fsp3) is 0.294. The number of rotatable bonds is 5. The van der Waals surface area contributed by atoms with Crippen LogP contribution in [0.2, 0.25) is 0 Å². The Morgan fingerprint density at radius 2 is 1.70 bits per heavy atom. The maximum absolute atomic E-state index is 13.8. The van der Waals surface area contributed by atoms with E-state index in [9.17, 15) is 8.78 Å². The van der Waals surface area contributed by atoms with Crippen molar-refractivity contribution in [3.8, 4) is 0 Å². The molecule has 0 aliphatic rings. The lowest BCUT2D eigenvalue weighted by atomic mass is 9.96. The second-order valence-corrected chi connectivity index (χ2v) is 5.36. The summed E-state index contributed by atoms with van der Waals surface area (Å²) in [6, 6.07) is 13.5. The molecule has 1 atom stereocenters. The molecule has 3 heteroatoms. The number of halogens is 2. The number of hydrogen-bond acceptors (Lipinski definition) is 1. The lowest BCUT2D eigenvalue weighted by Crippen LogP contribution is -2.14. The van der Waals surface area contributed by atoms with E-state index in [-0.39, 0.29) is 6.04 Å². The zero-order valence-electron chi connectivity index (χ0n) is 11.7. The first-order chi connectivity index (χ1) is 9.56. The average Bonchev–Trinajstić information content (AvgIpc) is 2.41. The number of anilines is 1. The summed E-state index contributed by atoms with van der Waals surface area (Å²) in [5, 5.41) is 3.18. The Hall–Kier alpha value is -1.90. The minimum Gasteiger partial charge on any atom is -0.376 e. The lowest BCUT2D eigenvalue weighted by molar-refractivity contribution is 0.525. The van der Waals surface area contributed by atoms with E-state index in [1.54, 1.807) is 0 Å². The van der Waals surface area contributed by atoms with Crippen LogP contribution < -0.4 is 5.32 Å². The Balaban J connectivity index is 2.24. The third-order valence-corrected chi connectivity index (χ3v) is 3.17. The molecule has 0 aliphatic carbocycles. The molecule has 20 heavy (non-hydrogen) atoms. The summed E-state index contributed by atoms with van der Waals surface area (Å²) in [5.74, 6) is -0.654. The van der Waals surface area contributed by atoms with Gasteiger partial charge in [-0.05, 0) is 30.0 Å². The van der Waals surface area contributed by atoms with E-state index in [0.29, 0.717) is 11.6 Å². The predicted molar refractivity (Wildman–Crippen MR) is 78.6 cm³/mol. The minimum atomic E-state index is -0.562. The Labute approximate surface area is 118 Å². The highest BCUT2D eigenvalue weighted by Gasteiger charge is 2.15. The number of nitrogens with one attached hydrogen (secondary N) is 1. The molecular weight excluding hydrogens is 256 g/mol. The average molecular weight is 275 g/mol. The van der Waals surface area contributed by atoms with E-state index in [4.69, 9.17) is 0 Å². The maximum atomic E-state index is 13.8. The van der Waals surface area contributed by atoms with Gasteiger partial charge < -0.3 is 5.32 Å². The molecule has 0 aromatic heterocycles. The third-order valence-electron chi connectivity index (χ3n) is 3.17. The standard InChI is InChI=1S/C17H19F2N/c1-12(2)10-17(13-6-4-3-5-7-13)20-16-9-8-14(18)11-15(16)19/h3-9,11-12,17,20H,10H2,1-2H3. The first-order valence-electron chi connectivity index (χ1n) is 6.83. The Bertz CT molecular complexity index is 552. The highest BCUT2D eigenvalue weighted by Crippen LogP contribution is 2.27. The molecular formula is C17H19F2N. The predicted octanol–water partition coefficient (Wildman–Crippen LogP) is 5.16. The van der Waals surface area contributed by atoms with Crippen molar-refractivity contribution in [1.82, 2.24) is 0 Å². The van der Waals surface area contributed by atoms with Gasteiger partial charge in [-0.2, -0.15) is 0 Å². The summed E-state index contributed by atoms with van der Waals surface area (Å²) in [5.41, 5.74) is 1.44. The Kier molecular flexibility index (Phi) is 4.72. The summed E-state index contributed by atoms with van der Waals surface area (Å²) < 4.78 is 26.7. The maximum Gasteiger partial charge on any atom is 0.149 e. The summed E-state index contributed by atoms with van der Waals surface area (Å²) in [7, 11) is 0. The molecule has 0 radical (unpaired) electrons. The monoisotopic (exact) mass is 275 g/mol. The summed E-state index contributed by atoms with van der Waals surface area (Å²) in [6.45, 7) is 4.25. The quantitative estimate of drug-likeness (QED) is 0.794. The van der Waals surface area contributed by atoms with Gasteiger partial charge in [0, 0.05) is 6.07 Å². The van der Waals surface area contributed by atoms with Gasteiger partial charge in [-0.3, -0.25) is 0 Å². The van der Waals surface area contributed by atoms with Crippen molar-refractivity contribution < 1.29 is 8.78 Å². The molecule has 0 spiro atoms. The van der Waals surface area contributed by atoms with E-state index in [1.165, 1.54) is 12.1 Å². The minimum absolute atomic E-state index is 0.0103. The van der Waals surface area contributed by atoms with E-state index < -0.39 is 11.6 Å². The van der Waals surface area contributed by atoms with Crippen molar-refractivity contribution in [2.45, 2.75) is 26.3 Å². The van der Waals surface area contributed by atoms with Gasteiger partial charge in [0.15, 0.2) is 0 Å². The topological polar surface area (TPSA) is 12.0 Å². The smallest absolute Gasteiger partial charge is 0.149 e. The number of benzene rings is 2. The normalized spacial score (nSPS) is 12.4. The van der Waals surface area contributed by atoms with Crippen molar-refractivity contribution in [1.29, 1.82) is 0 Å². The van der Waals surface area contributed by atoms with Crippen molar-refractivity contribution in [3.63, 3.8) is 0 Å². The van der Waals surface area contributed by atoms with Gasteiger partial charge in [0.25, 0.3) is 0 Å². The number of hydrogen-bond donors (Lipinski definition) is 1. The van der Waals surface area contributed by atoms with Crippen LogP contribution in [0.15, 0.2) is 48.5 Å². The molecule has 1 N–H and O–H groups in total. The van der Waals surface area contributed by atoms with E-state index >= 15 is 0 Å². The molecule has 1 unspecified atom stereocenters. The largest absolute Gasteiger partial charge is 0.376 e. The fourth-order valence-corrected chi connectivity index (χ4v) is 2.23. The van der Waals surface area contributed by atoms with Crippen LogP contribution in [0.4, 0.5) is 14.5 Å². The van der Waals surface area contributed by atoms with Crippen LogP contribution in [0.1, 0.15) is 31.9 Å². The van der Waals surface area contributed by atoms with Crippen LogP contribution in [-0.4, -0.2) is 0 Å². The molecule has 0 aliphatic heterocycles. The zero-order chi connectivity index (χ0) is 14.5. The second kappa shape index (κ2) is 6.51. The van der Waals surface area contributed by atoms with Gasteiger partial charge in [0.1, 0.15) is 11.6 Å². The first kappa shape index (κ1) is 14.5. The van der Waals surface area contributed by atoms with Gasteiger partial charge >= 0.3 is 0 Å². The highest BCUT2D eigenvalue weighted by molar-refractivity contribution is 5.47. The fourth-order valence-electron chi connectivity index (χ4n) is 2.23. The summed E-state index contributed by atoms with van der Waals surface area (Å²) in [6.07, 6.45) is 0.876. The molecule has 0 saturated heterocycles. The van der Waals surface area contributed by atoms with Gasteiger partial charge in [-0.25, -0.2) is 8.78 Å². The molecule has 0 saturated carbocycles. The molecule has 0 bridgehead atoms. The van der Waals surface area contributed by atoms with Crippen LogP contribution in [0.3, 0.4) is 0 Å². The highest BCUT2D eigenvalue weighted by atomic mass is 19.1. The zero-order valence-corrected chi connectivity index (χ0v) is 11.7. The van der Waals surface area contributed by atoms with Crippen LogP contribution in [0, 0.1) is 17.6 Å². The van der Waals surface area contributed by atoms with Crippen LogP contribution in [-0.2, 0) is 0 Å². The van der Waals surface area contributed by atoms with E-state index in [2.05, 4.69) is 19.2 Å². The van der Waals surface area contributed by atoms with Gasteiger partial charge in [0.05, 0.1) is 11.7 Å². The lowest BCUT2D eigenvalue weighted by Gasteiger charge is -2.22. The molecule has 1 nitrogen and oxygen atoms in total. The molecule has 2 aromatic rings. The molecule has 2 rings (SSSR count). The SMILES string of the molecule is CC(C)CC(Nc1ccc(F)cc1F)c1ccccc1. The summed E-state index contributed by atoms with van der Waals surface area (Å²) in [4.78, 5) is 0. The molecule has 0 fully saturated rings. The van der Waals surface area contributed by atoms with E-state index in [1.807, 2.05) is 30.3 Å². The molecule has 106 valence electrons. The first-order valence-corrected chi connectivity index (χ1v) is 6.83. The van der Waals surface area contributed by atoms with Gasteiger partial charge in [-0.15, -0.1) is 0 Å². The van der Waals surface area contributed by atoms with E-state index in [0.717, 1.165) is 18.1 Å². The van der Waals surface area contributed by atoms with Crippen molar-refractivity contribution in [2.75, 3.05) is 5.32 Å². The van der Waals surface area contributed by atoms with Crippen molar-refractivity contribution >= 4 is 5.69 Å². The third kappa shape index (κ3) is 3.80. The summed E-state index contributed by atoms with van der Waals surface area (Å²) >= 11 is 0. The Morgan fingerprint density at radius 3 is 2.30 bits per heavy atom. The Morgan fingerprint density at radius 1 is 1.00 bits per heavy atom. The van der Waals surface area contributed by atoms with Crippen molar-refractivity contribution in [2.24, 2.45) is 5.92 Å². The molecule has 2 aromatic carbocycles. The second-order valence-electron chi connectivity index (χ2n) is 5.36. The van der Waals surface area contributed by atoms with Crippen LogP contribution >= 0.6 is 0 Å². The van der Waals surface area contributed by atoms with Crippen LogP contribution in [0.5, 0.6) is 0 Å². The van der Waals surface area contributed by atoms with Crippen LogP contribution in [0.25, 0.3) is 0 Å². The van der Waals surface area contributed by atoms with Gasteiger partial charge in [0.2, 0.25) is 0 Å². The molecule has 0 heterocycles. The molecule has 0 amide bonds.